The Labute approximate surface area is 125 Å². The van der Waals surface area contributed by atoms with Gasteiger partial charge in [0.1, 0.15) is 5.82 Å². The molecule has 1 aromatic heterocycles. The van der Waals surface area contributed by atoms with E-state index < -0.39 is 0 Å². The molecule has 2 N–H and O–H groups in total. The second-order valence-electron chi connectivity index (χ2n) is 5.50. The monoisotopic (exact) mass is 289 g/mol. The van der Waals surface area contributed by atoms with Gasteiger partial charge in [0.25, 0.3) is 0 Å². The number of benzene rings is 1. The number of methoxy groups -OCH3 is 2. The second-order valence-corrected chi connectivity index (χ2v) is 5.50. The van der Waals surface area contributed by atoms with Crippen molar-refractivity contribution >= 4 is 5.82 Å². The minimum absolute atomic E-state index is 0.510. The topological polar surface area (TPSA) is 62.3 Å². The van der Waals surface area contributed by atoms with Gasteiger partial charge in [0, 0.05) is 18.2 Å². The Morgan fingerprint density at radius 2 is 1.86 bits per heavy atom. The number of nitrogens with zero attached hydrogens (tertiary/aromatic N) is 2. The Hall–Kier alpha value is -2.17. The number of nitrogens with two attached hydrogens (primary N) is 1. The van der Waals surface area contributed by atoms with Crippen LogP contribution in [0.2, 0.25) is 0 Å². The molecule has 0 atom stereocenters. The van der Waals surface area contributed by atoms with E-state index in [1.165, 1.54) is 0 Å². The Balaban J connectivity index is 2.53. The molecule has 0 fully saturated rings. The van der Waals surface area contributed by atoms with Crippen molar-refractivity contribution in [2.24, 2.45) is 13.0 Å². The molecule has 0 aliphatic heterocycles. The maximum atomic E-state index is 6.16. The summed E-state index contributed by atoms with van der Waals surface area (Å²) in [4.78, 5) is 0. The summed E-state index contributed by atoms with van der Waals surface area (Å²) in [6.45, 7) is 4.34. The van der Waals surface area contributed by atoms with Crippen LogP contribution in [0.1, 0.15) is 19.4 Å². The van der Waals surface area contributed by atoms with Crippen molar-refractivity contribution in [1.82, 2.24) is 9.78 Å². The highest BCUT2D eigenvalue weighted by atomic mass is 16.5. The van der Waals surface area contributed by atoms with Gasteiger partial charge in [0.15, 0.2) is 11.5 Å². The Morgan fingerprint density at radius 1 is 1.19 bits per heavy atom. The van der Waals surface area contributed by atoms with Crippen molar-refractivity contribution in [3.05, 3.63) is 23.8 Å². The van der Waals surface area contributed by atoms with Crippen molar-refractivity contribution in [2.75, 3.05) is 20.0 Å². The maximum Gasteiger partial charge on any atom is 0.161 e. The van der Waals surface area contributed by atoms with Crippen molar-refractivity contribution in [3.8, 4) is 22.8 Å². The third kappa shape index (κ3) is 2.96. The molecule has 2 aromatic rings. The van der Waals surface area contributed by atoms with Gasteiger partial charge >= 0.3 is 0 Å². The molecule has 0 radical (unpaired) electrons. The van der Waals surface area contributed by atoms with Crippen LogP contribution in [0, 0.1) is 5.92 Å². The fourth-order valence-corrected chi connectivity index (χ4v) is 2.41. The van der Waals surface area contributed by atoms with E-state index in [0.717, 1.165) is 23.2 Å². The van der Waals surface area contributed by atoms with Gasteiger partial charge in [0.05, 0.1) is 19.9 Å². The molecular weight excluding hydrogens is 266 g/mol. The molecule has 0 bridgehead atoms. The van der Waals surface area contributed by atoms with E-state index in [-0.39, 0.29) is 0 Å². The van der Waals surface area contributed by atoms with Crippen molar-refractivity contribution in [3.63, 3.8) is 0 Å². The molecule has 0 amide bonds. The van der Waals surface area contributed by atoms with E-state index in [4.69, 9.17) is 15.2 Å². The number of hydrogen-bond donors (Lipinski definition) is 1. The predicted octanol–water partition coefficient (Wildman–Crippen LogP) is 2.89. The number of anilines is 1. The van der Waals surface area contributed by atoms with E-state index in [9.17, 15) is 0 Å². The van der Waals surface area contributed by atoms with E-state index in [1.54, 1.807) is 18.9 Å². The first-order valence-electron chi connectivity index (χ1n) is 7.01. The minimum Gasteiger partial charge on any atom is -0.493 e. The maximum absolute atomic E-state index is 6.16. The van der Waals surface area contributed by atoms with Gasteiger partial charge in [0.2, 0.25) is 0 Å². The molecule has 0 saturated heterocycles. The zero-order valence-corrected chi connectivity index (χ0v) is 13.3. The largest absolute Gasteiger partial charge is 0.493 e. The number of hydrogen-bond acceptors (Lipinski definition) is 4. The van der Waals surface area contributed by atoms with Gasteiger partial charge < -0.3 is 15.2 Å². The minimum atomic E-state index is 0.510. The Morgan fingerprint density at radius 3 is 2.43 bits per heavy atom. The number of nitrogen functional groups attached to an aromatic ring is 1. The molecule has 5 nitrogen and oxygen atoms in total. The van der Waals surface area contributed by atoms with Crippen LogP contribution in [-0.4, -0.2) is 24.0 Å². The lowest BCUT2D eigenvalue weighted by atomic mass is 9.99. The smallest absolute Gasteiger partial charge is 0.161 e. The average Bonchev–Trinajstić information content (AvgIpc) is 2.74. The summed E-state index contributed by atoms with van der Waals surface area (Å²) in [5.74, 6) is 2.62. The van der Waals surface area contributed by atoms with Gasteiger partial charge in [-0.15, -0.1) is 0 Å². The predicted molar refractivity (Wildman–Crippen MR) is 84.7 cm³/mol. The zero-order chi connectivity index (χ0) is 15.6. The molecule has 21 heavy (non-hydrogen) atoms. The molecule has 5 heteroatoms. The molecular formula is C16H23N3O2. The molecule has 0 aliphatic rings. The summed E-state index contributed by atoms with van der Waals surface area (Å²) in [6, 6.07) is 5.80. The lowest BCUT2D eigenvalue weighted by molar-refractivity contribution is 0.355. The lowest BCUT2D eigenvalue weighted by Gasteiger charge is -2.10. The summed E-state index contributed by atoms with van der Waals surface area (Å²) in [5, 5.41) is 4.56. The SMILES string of the molecule is COc1ccc(-c2nn(C)c(N)c2CC(C)C)cc1OC. The molecule has 0 saturated carbocycles. The van der Waals surface area contributed by atoms with Crippen LogP contribution in [0.25, 0.3) is 11.3 Å². The first-order chi connectivity index (χ1) is 9.97. The van der Waals surface area contributed by atoms with Crippen LogP contribution in [-0.2, 0) is 13.5 Å². The van der Waals surface area contributed by atoms with Gasteiger partial charge in [-0.25, -0.2) is 0 Å². The van der Waals surface area contributed by atoms with Gasteiger partial charge in [-0.2, -0.15) is 5.10 Å². The third-order valence-corrected chi connectivity index (χ3v) is 3.46. The highest BCUT2D eigenvalue weighted by Crippen LogP contribution is 2.35. The Bertz CT molecular complexity index is 633. The molecule has 0 unspecified atom stereocenters. The van der Waals surface area contributed by atoms with Crippen LogP contribution in [0.5, 0.6) is 11.5 Å². The highest BCUT2D eigenvalue weighted by molar-refractivity contribution is 5.71. The van der Waals surface area contributed by atoms with E-state index >= 15 is 0 Å². The molecule has 2 rings (SSSR count). The summed E-state index contributed by atoms with van der Waals surface area (Å²) in [7, 11) is 5.12. The summed E-state index contributed by atoms with van der Waals surface area (Å²) < 4.78 is 12.4. The average molecular weight is 289 g/mol. The van der Waals surface area contributed by atoms with Crippen LogP contribution in [0.4, 0.5) is 5.82 Å². The van der Waals surface area contributed by atoms with E-state index in [0.29, 0.717) is 23.2 Å². The van der Waals surface area contributed by atoms with Crippen molar-refractivity contribution in [1.29, 1.82) is 0 Å². The van der Waals surface area contributed by atoms with Gasteiger partial charge in [-0.1, -0.05) is 13.8 Å². The number of aryl methyl sites for hydroxylation is 1. The fraction of sp³-hybridized carbons (Fsp3) is 0.438. The molecule has 1 aromatic carbocycles. The second kappa shape index (κ2) is 6.08. The Kier molecular flexibility index (Phi) is 4.40. The number of ether oxygens (including phenoxy) is 2. The van der Waals surface area contributed by atoms with E-state index in [2.05, 4.69) is 18.9 Å². The number of rotatable bonds is 5. The number of aromatic nitrogens is 2. The first-order valence-corrected chi connectivity index (χ1v) is 7.01. The fourth-order valence-electron chi connectivity index (χ4n) is 2.41. The quantitative estimate of drug-likeness (QED) is 0.919. The summed E-state index contributed by atoms with van der Waals surface area (Å²) >= 11 is 0. The van der Waals surface area contributed by atoms with E-state index in [1.807, 2.05) is 25.2 Å². The molecule has 0 spiro atoms. The lowest BCUT2D eigenvalue weighted by Crippen LogP contribution is -2.02. The van der Waals surface area contributed by atoms with Crippen molar-refractivity contribution in [2.45, 2.75) is 20.3 Å². The zero-order valence-electron chi connectivity index (χ0n) is 13.3. The van der Waals surface area contributed by atoms with Gasteiger partial charge in [-0.05, 0) is 30.5 Å². The van der Waals surface area contributed by atoms with Crippen LogP contribution < -0.4 is 15.2 Å². The van der Waals surface area contributed by atoms with Crippen LogP contribution >= 0.6 is 0 Å². The molecule has 0 aliphatic carbocycles. The van der Waals surface area contributed by atoms with Crippen LogP contribution in [0.3, 0.4) is 0 Å². The summed E-state index contributed by atoms with van der Waals surface area (Å²) in [6.07, 6.45) is 0.892. The standard InChI is InChI=1S/C16H23N3O2/c1-10(2)8-12-15(18-19(3)16(12)17)11-6-7-13(20-4)14(9-11)21-5/h6-7,9-10H,8,17H2,1-5H3. The molecule has 114 valence electrons. The van der Waals surface area contributed by atoms with Crippen molar-refractivity contribution < 1.29 is 9.47 Å². The van der Waals surface area contributed by atoms with Gasteiger partial charge in [-0.3, -0.25) is 4.68 Å². The molecule has 1 heterocycles. The first kappa shape index (κ1) is 15.2. The summed E-state index contributed by atoms with van der Waals surface area (Å²) in [5.41, 5.74) is 9.13. The third-order valence-electron chi connectivity index (χ3n) is 3.46. The normalized spacial score (nSPS) is 11.0. The highest BCUT2D eigenvalue weighted by Gasteiger charge is 2.18. The van der Waals surface area contributed by atoms with Crippen LogP contribution in [0.15, 0.2) is 18.2 Å².